The SMILES string of the molecule is CCCCCCCCC1(CCCCCCCC)c2ccccc2-c2cc3c(cc21)-c1ccccc1C3(c1ccc(CCCOC)cc1)c1ccc(CCCOCC)cc1. The molecule has 0 N–H and O–H groups in total. The van der Waals surface area contributed by atoms with Gasteiger partial charge in [-0.3, -0.25) is 0 Å². The van der Waals surface area contributed by atoms with Crippen LogP contribution >= 0.6 is 0 Å². The molecule has 0 aliphatic heterocycles. The molecule has 2 aliphatic carbocycles. The minimum absolute atomic E-state index is 0.0453. The lowest BCUT2D eigenvalue weighted by atomic mass is 9.66. The summed E-state index contributed by atoms with van der Waals surface area (Å²) in [5, 5.41) is 0. The highest BCUT2D eigenvalue weighted by molar-refractivity contribution is 5.92. The van der Waals surface area contributed by atoms with Crippen LogP contribution in [-0.2, 0) is 33.1 Å². The highest BCUT2D eigenvalue weighted by Gasteiger charge is 2.49. The molecule has 0 aromatic heterocycles. The van der Waals surface area contributed by atoms with E-state index >= 15 is 0 Å². The van der Waals surface area contributed by atoms with Gasteiger partial charge in [-0.25, -0.2) is 0 Å². The Morgan fingerprint density at radius 3 is 1.46 bits per heavy atom. The summed E-state index contributed by atoms with van der Waals surface area (Å²) in [5.41, 5.74) is 16.8. The fourth-order valence-corrected chi connectivity index (χ4v) is 10.9. The molecular formula is C57H72O2. The Kier molecular flexibility index (Phi) is 15.4. The first-order valence-corrected chi connectivity index (χ1v) is 23.8. The Balaban J connectivity index is 1.38. The fraction of sp³-hybridized carbons (Fsp3) is 0.474. The molecule has 5 aromatic carbocycles. The Hall–Kier alpha value is -3.98. The van der Waals surface area contributed by atoms with Gasteiger partial charge in [-0.05, 0) is 124 Å². The smallest absolute Gasteiger partial charge is 0.0713 e. The average Bonchev–Trinajstić information content (AvgIpc) is 3.71. The third-order valence-electron chi connectivity index (χ3n) is 13.9. The van der Waals surface area contributed by atoms with Gasteiger partial charge in [-0.15, -0.1) is 0 Å². The lowest BCUT2D eigenvalue weighted by Crippen LogP contribution is -2.29. The van der Waals surface area contributed by atoms with Crippen molar-refractivity contribution in [3.05, 3.63) is 154 Å². The summed E-state index contributed by atoms with van der Waals surface area (Å²) >= 11 is 0. The van der Waals surface area contributed by atoms with Crippen molar-refractivity contribution in [3.63, 3.8) is 0 Å². The van der Waals surface area contributed by atoms with Crippen LogP contribution in [0.5, 0.6) is 0 Å². The van der Waals surface area contributed by atoms with Crippen LogP contribution in [0, 0.1) is 0 Å². The molecule has 5 aromatic rings. The average molecular weight is 789 g/mol. The number of aryl methyl sites for hydroxylation is 2. The molecule has 2 nitrogen and oxygen atoms in total. The van der Waals surface area contributed by atoms with Crippen LogP contribution in [0.15, 0.2) is 109 Å². The topological polar surface area (TPSA) is 18.5 Å². The molecule has 59 heavy (non-hydrogen) atoms. The highest BCUT2D eigenvalue weighted by Crippen LogP contribution is 2.61. The van der Waals surface area contributed by atoms with Crippen LogP contribution in [-0.4, -0.2) is 26.9 Å². The lowest BCUT2D eigenvalue weighted by Gasteiger charge is -2.35. The predicted octanol–water partition coefficient (Wildman–Crippen LogP) is 15.4. The fourth-order valence-electron chi connectivity index (χ4n) is 10.9. The minimum atomic E-state index is -0.436. The van der Waals surface area contributed by atoms with Gasteiger partial charge in [-0.1, -0.05) is 188 Å². The standard InChI is InChI=1S/C57H72O2/c1-5-8-10-12-14-20-38-56(39-21-15-13-11-9-6-2)52-28-18-16-26-48(52)50-43-55-51(42-54(50)56)49-27-17-19-29-53(49)57(55,46-34-30-44(31-35-46)24-22-40-58-4)47-36-32-45(33-37-47)25-23-41-59-7-3/h16-19,26-37,42-43H,5-15,20-25,38-41H2,1-4H3. The van der Waals surface area contributed by atoms with Crippen molar-refractivity contribution in [1.29, 1.82) is 0 Å². The molecule has 0 bridgehead atoms. The van der Waals surface area contributed by atoms with E-state index in [1.54, 1.807) is 18.2 Å². The Labute approximate surface area is 358 Å². The maximum absolute atomic E-state index is 5.70. The van der Waals surface area contributed by atoms with Crippen LogP contribution in [0.4, 0.5) is 0 Å². The van der Waals surface area contributed by atoms with Crippen molar-refractivity contribution in [2.75, 3.05) is 26.9 Å². The summed E-state index contributed by atoms with van der Waals surface area (Å²) in [6.07, 6.45) is 22.6. The summed E-state index contributed by atoms with van der Waals surface area (Å²) < 4.78 is 11.1. The monoisotopic (exact) mass is 789 g/mol. The van der Waals surface area contributed by atoms with Crippen LogP contribution in [0.25, 0.3) is 22.3 Å². The van der Waals surface area contributed by atoms with Gasteiger partial charge in [0, 0.05) is 32.3 Å². The zero-order valence-corrected chi connectivity index (χ0v) is 37.1. The van der Waals surface area contributed by atoms with Crippen molar-refractivity contribution in [1.82, 2.24) is 0 Å². The van der Waals surface area contributed by atoms with Crippen molar-refractivity contribution in [2.24, 2.45) is 0 Å². The molecule has 0 saturated heterocycles. The zero-order valence-electron chi connectivity index (χ0n) is 37.1. The lowest BCUT2D eigenvalue weighted by molar-refractivity contribution is 0.145. The van der Waals surface area contributed by atoms with Gasteiger partial charge < -0.3 is 9.47 Å². The van der Waals surface area contributed by atoms with E-state index in [1.165, 1.54) is 146 Å². The maximum Gasteiger partial charge on any atom is 0.0713 e. The number of fused-ring (bicyclic) bond motifs is 6. The number of methoxy groups -OCH3 is 1. The third-order valence-corrected chi connectivity index (χ3v) is 13.9. The van der Waals surface area contributed by atoms with E-state index in [0.717, 1.165) is 45.5 Å². The Morgan fingerprint density at radius 1 is 0.424 bits per heavy atom. The third kappa shape index (κ3) is 9.06. The highest BCUT2D eigenvalue weighted by atomic mass is 16.5. The summed E-state index contributed by atoms with van der Waals surface area (Å²) in [5.74, 6) is 0. The molecule has 2 aliphatic rings. The Bertz CT molecular complexity index is 2040. The number of ether oxygens (including phenoxy) is 2. The van der Waals surface area contributed by atoms with Crippen LogP contribution in [0.3, 0.4) is 0 Å². The van der Waals surface area contributed by atoms with Gasteiger partial charge in [0.05, 0.1) is 5.41 Å². The van der Waals surface area contributed by atoms with Gasteiger partial charge >= 0.3 is 0 Å². The van der Waals surface area contributed by atoms with Gasteiger partial charge in [0.25, 0.3) is 0 Å². The van der Waals surface area contributed by atoms with Gasteiger partial charge in [0.2, 0.25) is 0 Å². The van der Waals surface area contributed by atoms with Crippen molar-refractivity contribution >= 4 is 0 Å². The first kappa shape index (κ1) is 43.1. The number of rotatable bonds is 25. The maximum atomic E-state index is 5.70. The number of benzene rings is 5. The first-order chi connectivity index (χ1) is 29.1. The molecule has 0 radical (unpaired) electrons. The second kappa shape index (κ2) is 21.0. The van der Waals surface area contributed by atoms with Crippen molar-refractivity contribution < 1.29 is 9.47 Å². The molecule has 7 rings (SSSR count). The Morgan fingerprint density at radius 2 is 0.898 bits per heavy atom. The van der Waals surface area contributed by atoms with Crippen molar-refractivity contribution in [3.8, 4) is 22.3 Å². The number of hydrogen-bond donors (Lipinski definition) is 0. The number of unbranched alkanes of at least 4 members (excludes halogenated alkanes) is 10. The van der Waals surface area contributed by atoms with Gasteiger partial charge in [0.15, 0.2) is 0 Å². The molecule has 2 heteroatoms. The second-order valence-corrected chi connectivity index (χ2v) is 17.7. The van der Waals surface area contributed by atoms with Gasteiger partial charge in [-0.2, -0.15) is 0 Å². The van der Waals surface area contributed by atoms with Crippen LogP contribution in [0.1, 0.15) is 168 Å². The van der Waals surface area contributed by atoms with E-state index in [4.69, 9.17) is 9.47 Å². The minimum Gasteiger partial charge on any atom is -0.385 e. The van der Waals surface area contributed by atoms with E-state index in [1.807, 2.05) is 0 Å². The molecule has 312 valence electrons. The van der Waals surface area contributed by atoms with E-state index < -0.39 is 5.41 Å². The summed E-state index contributed by atoms with van der Waals surface area (Å²) in [7, 11) is 1.80. The van der Waals surface area contributed by atoms with E-state index in [-0.39, 0.29) is 5.41 Å². The van der Waals surface area contributed by atoms with Crippen molar-refractivity contribution in [2.45, 2.75) is 147 Å². The van der Waals surface area contributed by atoms with E-state index in [0.29, 0.717) is 0 Å². The second-order valence-electron chi connectivity index (χ2n) is 17.7. The molecule has 0 heterocycles. The molecule has 0 saturated carbocycles. The molecular weight excluding hydrogens is 717 g/mol. The molecule has 1 atom stereocenters. The summed E-state index contributed by atoms with van der Waals surface area (Å²) in [6.45, 7) is 9.11. The zero-order chi connectivity index (χ0) is 40.9. The molecule has 0 spiro atoms. The van der Waals surface area contributed by atoms with E-state index in [2.05, 4.69) is 130 Å². The molecule has 1 unspecified atom stereocenters. The van der Waals surface area contributed by atoms with Crippen LogP contribution in [0.2, 0.25) is 0 Å². The largest absolute Gasteiger partial charge is 0.385 e. The van der Waals surface area contributed by atoms with Crippen LogP contribution < -0.4 is 0 Å². The predicted molar refractivity (Wildman–Crippen MR) is 251 cm³/mol. The van der Waals surface area contributed by atoms with E-state index in [9.17, 15) is 0 Å². The summed E-state index contributed by atoms with van der Waals surface area (Å²) in [6, 6.07) is 43.6. The molecule has 0 amide bonds. The summed E-state index contributed by atoms with van der Waals surface area (Å²) in [4.78, 5) is 0. The first-order valence-electron chi connectivity index (χ1n) is 23.8. The molecule has 0 fully saturated rings. The normalized spacial score (nSPS) is 15.9. The van der Waals surface area contributed by atoms with Gasteiger partial charge in [0.1, 0.15) is 0 Å². The quantitative estimate of drug-likeness (QED) is 0.0538. The number of hydrogen-bond acceptors (Lipinski definition) is 2.